The van der Waals surface area contributed by atoms with Crippen molar-refractivity contribution in [3.05, 3.63) is 47.8 Å². The van der Waals surface area contributed by atoms with Crippen molar-refractivity contribution in [3.8, 4) is 5.75 Å². The molecule has 0 spiro atoms. The van der Waals surface area contributed by atoms with Gasteiger partial charge in [0.25, 0.3) is 0 Å². The van der Waals surface area contributed by atoms with Crippen LogP contribution in [0.3, 0.4) is 0 Å². The van der Waals surface area contributed by atoms with Crippen LogP contribution >= 0.6 is 0 Å². The topological polar surface area (TPSA) is 39.1 Å². The van der Waals surface area contributed by atoms with Gasteiger partial charge in [-0.25, -0.2) is 9.37 Å². The fourth-order valence-corrected chi connectivity index (χ4v) is 2.06. The average molecular weight is 277 g/mol. The summed E-state index contributed by atoms with van der Waals surface area (Å²) in [6, 6.07) is 4.71. The highest BCUT2D eigenvalue weighted by molar-refractivity contribution is 5.36. The SMILES string of the molecule is CCn1ccnc1COc1cc(F)ccc1C(C)NC. The zero-order valence-corrected chi connectivity index (χ0v) is 12.1. The van der Waals surface area contributed by atoms with Crippen molar-refractivity contribution in [2.75, 3.05) is 7.05 Å². The third-order valence-corrected chi connectivity index (χ3v) is 3.37. The third-order valence-electron chi connectivity index (χ3n) is 3.37. The molecule has 0 fully saturated rings. The summed E-state index contributed by atoms with van der Waals surface area (Å²) < 4.78 is 21.2. The van der Waals surface area contributed by atoms with Gasteiger partial charge in [0.05, 0.1) is 0 Å². The molecule has 1 aromatic carbocycles. The summed E-state index contributed by atoms with van der Waals surface area (Å²) in [4.78, 5) is 4.25. The summed E-state index contributed by atoms with van der Waals surface area (Å²) in [7, 11) is 1.86. The van der Waals surface area contributed by atoms with Gasteiger partial charge >= 0.3 is 0 Å². The lowest BCUT2D eigenvalue weighted by Gasteiger charge is -2.16. The van der Waals surface area contributed by atoms with Gasteiger partial charge < -0.3 is 14.6 Å². The highest BCUT2D eigenvalue weighted by Crippen LogP contribution is 2.26. The van der Waals surface area contributed by atoms with Gasteiger partial charge in [0.15, 0.2) is 0 Å². The molecule has 2 rings (SSSR count). The Labute approximate surface area is 118 Å². The smallest absolute Gasteiger partial charge is 0.146 e. The van der Waals surface area contributed by atoms with Gasteiger partial charge in [0.2, 0.25) is 0 Å². The second kappa shape index (κ2) is 6.52. The van der Waals surface area contributed by atoms with Crippen LogP contribution in [-0.2, 0) is 13.2 Å². The lowest BCUT2D eigenvalue weighted by atomic mass is 10.1. The van der Waals surface area contributed by atoms with Crippen molar-refractivity contribution in [1.82, 2.24) is 14.9 Å². The van der Waals surface area contributed by atoms with Gasteiger partial charge in [-0.15, -0.1) is 0 Å². The molecule has 108 valence electrons. The quantitative estimate of drug-likeness (QED) is 0.882. The number of nitrogens with one attached hydrogen (secondary N) is 1. The zero-order chi connectivity index (χ0) is 14.5. The van der Waals surface area contributed by atoms with E-state index in [-0.39, 0.29) is 11.9 Å². The Balaban J connectivity index is 2.18. The van der Waals surface area contributed by atoms with Gasteiger partial charge in [0.1, 0.15) is 24.0 Å². The molecule has 5 heteroatoms. The number of aryl methyl sites for hydroxylation is 1. The predicted octanol–water partition coefficient (Wildman–Crippen LogP) is 2.90. The van der Waals surface area contributed by atoms with Crippen LogP contribution in [0.25, 0.3) is 0 Å². The van der Waals surface area contributed by atoms with E-state index in [4.69, 9.17) is 4.74 Å². The first-order chi connectivity index (χ1) is 9.65. The fraction of sp³-hybridized carbons (Fsp3) is 0.400. The number of hydrogen-bond donors (Lipinski definition) is 1. The molecule has 0 bridgehead atoms. The average Bonchev–Trinajstić information content (AvgIpc) is 2.91. The number of benzene rings is 1. The van der Waals surface area contributed by atoms with E-state index in [0.717, 1.165) is 17.9 Å². The second-order valence-electron chi connectivity index (χ2n) is 4.61. The molecule has 0 aliphatic rings. The first-order valence-corrected chi connectivity index (χ1v) is 6.75. The molecule has 1 atom stereocenters. The lowest BCUT2D eigenvalue weighted by Crippen LogP contribution is -2.14. The van der Waals surface area contributed by atoms with E-state index in [1.54, 1.807) is 12.3 Å². The van der Waals surface area contributed by atoms with Crippen molar-refractivity contribution >= 4 is 0 Å². The van der Waals surface area contributed by atoms with Crippen LogP contribution in [0.15, 0.2) is 30.6 Å². The third kappa shape index (κ3) is 3.17. The van der Waals surface area contributed by atoms with E-state index in [1.165, 1.54) is 12.1 Å². The van der Waals surface area contributed by atoms with E-state index in [9.17, 15) is 4.39 Å². The monoisotopic (exact) mass is 277 g/mol. The Morgan fingerprint density at radius 2 is 2.25 bits per heavy atom. The standard InChI is InChI=1S/C15H20FN3O/c1-4-19-8-7-18-15(19)10-20-14-9-12(16)5-6-13(14)11(2)17-3/h5-9,11,17H,4,10H2,1-3H3. The van der Waals surface area contributed by atoms with Gasteiger partial charge in [-0.05, 0) is 27.0 Å². The largest absolute Gasteiger partial charge is 0.485 e. The first-order valence-electron chi connectivity index (χ1n) is 6.75. The summed E-state index contributed by atoms with van der Waals surface area (Å²) in [5.41, 5.74) is 0.934. The molecule has 2 aromatic rings. The zero-order valence-electron chi connectivity index (χ0n) is 12.1. The Morgan fingerprint density at radius 1 is 1.45 bits per heavy atom. The predicted molar refractivity (Wildman–Crippen MR) is 76.1 cm³/mol. The van der Waals surface area contributed by atoms with Crippen LogP contribution in [0.5, 0.6) is 5.75 Å². The molecule has 1 N–H and O–H groups in total. The molecule has 0 aliphatic heterocycles. The minimum absolute atomic E-state index is 0.0940. The first kappa shape index (κ1) is 14.5. The minimum atomic E-state index is -0.300. The molecule has 0 radical (unpaired) electrons. The Bertz CT molecular complexity index is 568. The molecule has 1 aromatic heterocycles. The lowest BCUT2D eigenvalue weighted by molar-refractivity contribution is 0.283. The number of aromatic nitrogens is 2. The van der Waals surface area contributed by atoms with Gasteiger partial charge in [-0.3, -0.25) is 0 Å². The Kier molecular flexibility index (Phi) is 4.74. The van der Waals surface area contributed by atoms with Crippen molar-refractivity contribution in [3.63, 3.8) is 0 Å². The molecule has 1 unspecified atom stereocenters. The number of ether oxygens (including phenoxy) is 1. The van der Waals surface area contributed by atoms with Crippen LogP contribution in [0.2, 0.25) is 0 Å². The molecule has 4 nitrogen and oxygen atoms in total. The highest BCUT2D eigenvalue weighted by Gasteiger charge is 2.12. The summed E-state index contributed by atoms with van der Waals surface area (Å²) in [6.45, 7) is 5.21. The maximum atomic E-state index is 13.4. The van der Waals surface area contributed by atoms with Crippen LogP contribution < -0.4 is 10.1 Å². The number of rotatable bonds is 6. The Morgan fingerprint density at radius 3 is 2.95 bits per heavy atom. The van der Waals surface area contributed by atoms with E-state index in [2.05, 4.69) is 10.3 Å². The van der Waals surface area contributed by atoms with E-state index >= 15 is 0 Å². The van der Waals surface area contributed by atoms with E-state index < -0.39 is 0 Å². The summed E-state index contributed by atoms with van der Waals surface area (Å²) in [6.07, 6.45) is 3.65. The number of halogens is 1. The van der Waals surface area contributed by atoms with E-state index in [0.29, 0.717) is 12.4 Å². The maximum absolute atomic E-state index is 13.4. The van der Waals surface area contributed by atoms with Crippen molar-refractivity contribution < 1.29 is 9.13 Å². The molecule has 20 heavy (non-hydrogen) atoms. The summed E-state index contributed by atoms with van der Waals surface area (Å²) in [5, 5.41) is 3.13. The molecule has 1 heterocycles. The molecular formula is C15H20FN3O. The highest BCUT2D eigenvalue weighted by atomic mass is 19.1. The van der Waals surface area contributed by atoms with Crippen LogP contribution in [0.1, 0.15) is 31.3 Å². The molecule has 0 aliphatic carbocycles. The van der Waals surface area contributed by atoms with Crippen LogP contribution in [-0.4, -0.2) is 16.6 Å². The number of hydrogen-bond acceptors (Lipinski definition) is 3. The molecule has 0 saturated heterocycles. The van der Waals surface area contributed by atoms with E-state index in [1.807, 2.05) is 31.7 Å². The van der Waals surface area contributed by atoms with Crippen LogP contribution in [0, 0.1) is 5.82 Å². The number of imidazole rings is 1. The maximum Gasteiger partial charge on any atom is 0.146 e. The molecule has 0 saturated carbocycles. The summed E-state index contributed by atoms with van der Waals surface area (Å²) in [5.74, 6) is 1.09. The number of nitrogens with zero attached hydrogens (tertiary/aromatic N) is 2. The van der Waals surface area contributed by atoms with Gasteiger partial charge in [-0.1, -0.05) is 6.07 Å². The van der Waals surface area contributed by atoms with Crippen molar-refractivity contribution in [2.24, 2.45) is 0 Å². The fourth-order valence-electron chi connectivity index (χ4n) is 2.06. The Hall–Kier alpha value is -1.88. The molecular weight excluding hydrogens is 257 g/mol. The van der Waals surface area contributed by atoms with Crippen LogP contribution in [0.4, 0.5) is 4.39 Å². The summed E-state index contributed by atoms with van der Waals surface area (Å²) >= 11 is 0. The molecule has 0 amide bonds. The van der Waals surface area contributed by atoms with Gasteiger partial charge in [-0.2, -0.15) is 0 Å². The van der Waals surface area contributed by atoms with Crippen molar-refractivity contribution in [1.29, 1.82) is 0 Å². The minimum Gasteiger partial charge on any atom is -0.485 e. The normalized spacial score (nSPS) is 12.4. The second-order valence-corrected chi connectivity index (χ2v) is 4.61. The van der Waals surface area contributed by atoms with Crippen molar-refractivity contribution in [2.45, 2.75) is 33.0 Å². The van der Waals surface area contributed by atoms with Gasteiger partial charge in [0, 0.05) is 36.6 Å².